The van der Waals surface area contributed by atoms with Crippen LogP contribution in [0.3, 0.4) is 0 Å². The molecule has 0 radical (unpaired) electrons. The number of amides is 1. The van der Waals surface area contributed by atoms with Crippen LogP contribution in [0.2, 0.25) is 0 Å². The molecule has 0 spiro atoms. The van der Waals surface area contributed by atoms with Gasteiger partial charge in [-0.15, -0.1) is 0 Å². The van der Waals surface area contributed by atoms with Crippen LogP contribution in [0.15, 0.2) is 30.6 Å². The topological polar surface area (TPSA) is 72.7 Å². The van der Waals surface area contributed by atoms with Crippen molar-refractivity contribution >= 4 is 23.3 Å². The summed E-state index contributed by atoms with van der Waals surface area (Å²) in [4.78, 5) is 26.6. The van der Waals surface area contributed by atoms with Crippen molar-refractivity contribution in [3.8, 4) is 0 Å². The molecule has 0 aliphatic heterocycles. The number of nitrogens with zero attached hydrogens (tertiary/aromatic N) is 2. The van der Waals surface area contributed by atoms with Gasteiger partial charge in [-0.1, -0.05) is 6.07 Å². The van der Waals surface area contributed by atoms with E-state index >= 15 is 0 Å². The van der Waals surface area contributed by atoms with Crippen LogP contribution in [-0.4, -0.2) is 28.4 Å². The highest BCUT2D eigenvalue weighted by Crippen LogP contribution is 2.09. The molecule has 0 saturated carbocycles. The zero-order valence-corrected chi connectivity index (χ0v) is 9.92. The van der Waals surface area contributed by atoms with Gasteiger partial charge in [0.2, 0.25) is 5.91 Å². The van der Waals surface area contributed by atoms with Crippen molar-refractivity contribution in [2.75, 3.05) is 12.4 Å². The molecule has 2 aromatic rings. The number of methoxy groups -OCH3 is 1. The van der Waals surface area contributed by atoms with Crippen LogP contribution in [0.5, 0.6) is 0 Å². The first-order valence-corrected chi connectivity index (χ1v) is 5.49. The number of ether oxygens (including phenoxy) is 1. The number of fused-ring (bicyclic) bond motifs is 1. The summed E-state index contributed by atoms with van der Waals surface area (Å²) in [6.07, 6.45) is 3.70. The van der Waals surface area contributed by atoms with Crippen LogP contribution in [-0.2, 0) is 14.3 Å². The third-order valence-corrected chi connectivity index (χ3v) is 2.42. The van der Waals surface area contributed by atoms with Crippen LogP contribution >= 0.6 is 0 Å². The summed E-state index contributed by atoms with van der Waals surface area (Å²) in [5.74, 6) is -0.194. The number of nitrogens with one attached hydrogen (secondary N) is 1. The Morgan fingerprint density at radius 1 is 1.39 bits per heavy atom. The molecule has 6 nitrogen and oxygen atoms in total. The first kappa shape index (κ1) is 12.1. The Balaban J connectivity index is 1.96. The number of imidazole rings is 1. The molecule has 1 amide bonds. The Hall–Kier alpha value is -2.37. The number of rotatable bonds is 4. The van der Waals surface area contributed by atoms with Crippen LogP contribution in [0.25, 0.3) is 5.65 Å². The fourth-order valence-electron chi connectivity index (χ4n) is 1.52. The van der Waals surface area contributed by atoms with E-state index < -0.39 is 5.97 Å². The van der Waals surface area contributed by atoms with Crippen molar-refractivity contribution in [3.05, 3.63) is 30.6 Å². The highest BCUT2D eigenvalue weighted by Gasteiger charge is 2.08. The molecule has 18 heavy (non-hydrogen) atoms. The van der Waals surface area contributed by atoms with E-state index in [2.05, 4.69) is 15.0 Å². The van der Waals surface area contributed by atoms with Gasteiger partial charge in [-0.05, 0) is 12.1 Å². The summed E-state index contributed by atoms with van der Waals surface area (Å²) in [6.45, 7) is 0. The van der Waals surface area contributed by atoms with Crippen molar-refractivity contribution in [3.63, 3.8) is 0 Å². The molecule has 0 fully saturated rings. The Labute approximate surface area is 104 Å². The molecular formula is C12H13N3O3. The summed E-state index contributed by atoms with van der Waals surface area (Å²) in [7, 11) is 1.29. The van der Waals surface area contributed by atoms with E-state index in [0.29, 0.717) is 5.82 Å². The monoisotopic (exact) mass is 247 g/mol. The highest BCUT2D eigenvalue weighted by molar-refractivity contribution is 5.91. The number of anilines is 1. The van der Waals surface area contributed by atoms with Crippen LogP contribution < -0.4 is 5.32 Å². The van der Waals surface area contributed by atoms with Gasteiger partial charge >= 0.3 is 5.97 Å². The molecule has 0 aliphatic rings. The number of carbonyl (C=O) groups excluding carboxylic acids is 2. The van der Waals surface area contributed by atoms with E-state index in [4.69, 9.17) is 0 Å². The van der Waals surface area contributed by atoms with Gasteiger partial charge in [0.1, 0.15) is 5.65 Å². The van der Waals surface area contributed by atoms with Gasteiger partial charge in [0.15, 0.2) is 5.82 Å². The summed E-state index contributed by atoms with van der Waals surface area (Å²) >= 11 is 0. The van der Waals surface area contributed by atoms with Crippen molar-refractivity contribution in [2.24, 2.45) is 0 Å². The maximum Gasteiger partial charge on any atom is 0.306 e. The molecule has 2 heterocycles. The van der Waals surface area contributed by atoms with E-state index in [1.165, 1.54) is 7.11 Å². The third kappa shape index (κ3) is 2.85. The standard InChI is InChI=1S/C12H13N3O3/c1-18-12(17)6-5-11(16)14-9-8-15-7-3-2-4-10(15)13-9/h2-4,7-8H,5-6H2,1H3,(H,14,16). The lowest BCUT2D eigenvalue weighted by Gasteiger charge is -2.00. The molecule has 6 heteroatoms. The van der Waals surface area contributed by atoms with E-state index in [-0.39, 0.29) is 18.7 Å². The smallest absolute Gasteiger partial charge is 0.306 e. The average Bonchev–Trinajstić information content (AvgIpc) is 2.77. The SMILES string of the molecule is COC(=O)CCC(=O)Nc1cn2ccccc2n1. The number of aromatic nitrogens is 2. The van der Waals surface area contributed by atoms with Gasteiger partial charge in [0.25, 0.3) is 0 Å². The van der Waals surface area contributed by atoms with Gasteiger partial charge in [-0.2, -0.15) is 0 Å². The van der Waals surface area contributed by atoms with E-state index in [1.54, 1.807) is 10.6 Å². The molecule has 94 valence electrons. The lowest BCUT2D eigenvalue weighted by molar-refractivity contribution is -0.141. The second-order valence-corrected chi connectivity index (χ2v) is 3.72. The minimum Gasteiger partial charge on any atom is -0.469 e. The Bertz CT molecular complexity index is 544. The van der Waals surface area contributed by atoms with Crippen molar-refractivity contribution in [2.45, 2.75) is 12.8 Å². The molecular weight excluding hydrogens is 234 g/mol. The van der Waals surface area contributed by atoms with E-state index in [0.717, 1.165) is 5.65 Å². The molecule has 0 saturated heterocycles. The van der Waals surface area contributed by atoms with Gasteiger partial charge in [-0.3, -0.25) is 9.59 Å². The van der Waals surface area contributed by atoms with Gasteiger partial charge in [0, 0.05) is 12.6 Å². The molecule has 1 N–H and O–H groups in total. The Kier molecular flexibility index (Phi) is 3.57. The van der Waals surface area contributed by atoms with Crippen molar-refractivity contribution < 1.29 is 14.3 Å². The zero-order valence-electron chi connectivity index (χ0n) is 9.92. The summed E-state index contributed by atoms with van der Waals surface area (Å²) < 4.78 is 6.26. The first-order chi connectivity index (χ1) is 8.69. The normalized spacial score (nSPS) is 10.3. The molecule has 0 aliphatic carbocycles. The summed E-state index contributed by atoms with van der Waals surface area (Å²) in [5.41, 5.74) is 0.751. The summed E-state index contributed by atoms with van der Waals surface area (Å²) in [6, 6.07) is 5.58. The van der Waals surface area contributed by atoms with Crippen molar-refractivity contribution in [1.29, 1.82) is 0 Å². The van der Waals surface area contributed by atoms with Crippen LogP contribution in [0.4, 0.5) is 5.82 Å². The minimum atomic E-state index is -0.403. The second kappa shape index (κ2) is 5.31. The average molecular weight is 247 g/mol. The Morgan fingerprint density at radius 2 is 2.22 bits per heavy atom. The summed E-state index contributed by atoms with van der Waals surface area (Å²) in [5, 5.41) is 2.63. The predicted molar refractivity (Wildman–Crippen MR) is 65.1 cm³/mol. The quantitative estimate of drug-likeness (QED) is 0.825. The maximum atomic E-state index is 11.5. The maximum absolute atomic E-state index is 11.5. The zero-order chi connectivity index (χ0) is 13.0. The lowest BCUT2D eigenvalue weighted by Crippen LogP contribution is -2.14. The fraction of sp³-hybridized carbons (Fsp3) is 0.250. The number of hydrogen-bond donors (Lipinski definition) is 1. The first-order valence-electron chi connectivity index (χ1n) is 5.49. The van der Waals surface area contributed by atoms with E-state index in [1.807, 2.05) is 24.4 Å². The van der Waals surface area contributed by atoms with Crippen molar-refractivity contribution in [1.82, 2.24) is 9.38 Å². The van der Waals surface area contributed by atoms with Crippen LogP contribution in [0, 0.1) is 0 Å². The second-order valence-electron chi connectivity index (χ2n) is 3.72. The molecule has 0 aromatic carbocycles. The van der Waals surface area contributed by atoms with E-state index in [9.17, 15) is 9.59 Å². The largest absolute Gasteiger partial charge is 0.469 e. The number of pyridine rings is 1. The minimum absolute atomic E-state index is 0.0652. The number of esters is 1. The van der Waals surface area contributed by atoms with Gasteiger partial charge in [-0.25, -0.2) is 4.98 Å². The molecule has 0 bridgehead atoms. The molecule has 0 atom stereocenters. The third-order valence-electron chi connectivity index (χ3n) is 2.42. The molecule has 2 rings (SSSR count). The fourth-order valence-corrected chi connectivity index (χ4v) is 1.52. The van der Waals surface area contributed by atoms with Gasteiger partial charge < -0.3 is 14.5 Å². The molecule has 2 aromatic heterocycles. The van der Waals surface area contributed by atoms with Gasteiger partial charge in [0.05, 0.1) is 19.7 Å². The highest BCUT2D eigenvalue weighted by atomic mass is 16.5. The lowest BCUT2D eigenvalue weighted by atomic mass is 10.3. The molecule has 0 unspecified atom stereocenters. The van der Waals surface area contributed by atoms with Crippen LogP contribution in [0.1, 0.15) is 12.8 Å². The predicted octanol–water partition coefficient (Wildman–Crippen LogP) is 1.23. The number of hydrogen-bond acceptors (Lipinski definition) is 4. The number of carbonyl (C=O) groups is 2. The Morgan fingerprint density at radius 3 is 2.94 bits per heavy atom.